The minimum absolute atomic E-state index is 0.159. The predicted molar refractivity (Wildman–Crippen MR) is 76.8 cm³/mol. The maximum absolute atomic E-state index is 11.8. The van der Waals surface area contributed by atoms with Crippen LogP contribution in [-0.2, 0) is 4.79 Å². The van der Waals surface area contributed by atoms with E-state index in [9.17, 15) is 4.79 Å². The molecule has 6 nitrogen and oxygen atoms in total. The monoisotopic (exact) mass is 302 g/mol. The van der Waals surface area contributed by atoms with Gasteiger partial charge in [0.2, 0.25) is 5.91 Å². The molecule has 0 spiro atoms. The van der Waals surface area contributed by atoms with E-state index in [-0.39, 0.29) is 12.5 Å². The fourth-order valence-electron chi connectivity index (χ4n) is 1.51. The Morgan fingerprint density at radius 2 is 1.85 bits per heavy atom. The summed E-state index contributed by atoms with van der Waals surface area (Å²) in [5, 5.41) is 33.2. The zero-order valence-electron chi connectivity index (χ0n) is 11.2. The highest BCUT2D eigenvalue weighted by molar-refractivity contribution is 6.31. The van der Waals surface area contributed by atoms with Crippen molar-refractivity contribution in [1.82, 2.24) is 5.32 Å². The van der Waals surface area contributed by atoms with E-state index in [0.717, 1.165) is 5.56 Å². The number of nitrogens with one attached hydrogen (secondary N) is 2. The highest BCUT2D eigenvalue weighted by Crippen LogP contribution is 2.19. The smallest absolute Gasteiger partial charge is 0.238 e. The summed E-state index contributed by atoms with van der Waals surface area (Å²) in [5.41, 5.74) is 0.174. The Hall–Kier alpha value is -1.18. The van der Waals surface area contributed by atoms with Gasteiger partial charge in [0, 0.05) is 10.7 Å². The van der Waals surface area contributed by atoms with Gasteiger partial charge in [0.15, 0.2) is 0 Å². The Morgan fingerprint density at radius 1 is 1.25 bits per heavy atom. The fourth-order valence-corrected chi connectivity index (χ4v) is 1.68. The first-order valence-corrected chi connectivity index (χ1v) is 6.48. The first kappa shape index (κ1) is 16.9. The van der Waals surface area contributed by atoms with E-state index >= 15 is 0 Å². The third kappa shape index (κ3) is 4.43. The van der Waals surface area contributed by atoms with Gasteiger partial charge >= 0.3 is 0 Å². The van der Waals surface area contributed by atoms with Gasteiger partial charge in [-0.05, 0) is 24.6 Å². The number of carbonyl (C=O) groups is 1. The van der Waals surface area contributed by atoms with Crippen LogP contribution in [0.5, 0.6) is 0 Å². The average molecular weight is 303 g/mol. The Labute approximate surface area is 122 Å². The summed E-state index contributed by atoms with van der Waals surface area (Å²) in [4.78, 5) is 11.8. The van der Waals surface area contributed by atoms with Crippen molar-refractivity contribution in [2.45, 2.75) is 12.5 Å². The molecular weight excluding hydrogens is 284 g/mol. The molecule has 0 heterocycles. The molecule has 1 amide bonds. The van der Waals surface area contributed by atoms with E-state index in [1.165, 1.54) is 0 Å². The molecule has 0 saturated heterocycles. The number of carbonyl (C=O) groups excluding carboxylic acids is 1. The molecule has 0 aliphatic carbocycles. The normalized spacial score (nSPS) is 11.4. The van der Waals surface area contributed by atoms with Crippen LogP contribution in [0.3, 0.4) is 0 Å². The summed E-state index contributed by atoms with van der Waals surface area (Å²) >= 11 is 5.85. The first-order valence-electron chi connectivity index (χ1n) is 6.10. The topological polar surface area (TPSA) is 102 Å². The summed E-state index contributed by atoms with van der Waals surface area (Å²) < 4.78 is 0. The third-order valence-electron chi connectivity index (χ3n) is 3.01. The van der Waals surface area contributed by atoms with Crippen molar-refractivity contribution in [3.63, 3.8) is 0 Å². The quantitative estimate of drug-likeness (QED) is 0.484. The Balaban J connectivity index is 2.62. The van der Waals surface area contributed by atoms with Crippen LogP contribution in [0.4, 0.5) is 5.69 Å². The molecule has 1 rings (SSSR count). The zero-order chi connectivity index (χ0) is 15.2. The van der Waals surface area contributed by atoms with Crippen molar-refractivity contribution in [2.75, 3.05) is 31.7 Å². The lowest BCUT2D eigenvalue weighted by Gasteiger charge is -2.28. The van der Waals surface area contributed by atoms with E-state index < -0.39 is 25.4 Å². The SMILES string of the molecule is Cc1ccc(Cl)cc1NC(=O)CNC(CO)(CO)CO. The molecule has 0 fully saturated rings. The second-order valence-electron chi connectivity index (χ2n) is 4.62. The van der Waals surface area contributed by atoms with Gasteiger partial charge in [-0.25, -0.2) is 0 Å². The van der Waals surface area contributed by atoms with Gasteiger partial charge in [-0.2, -0.15) is 0 Å². The van der Waals surface area contributed by atoms with Crippen molar-refractivity contribution < 1.29 is 20.1 Å². The maximum Gasteiger partial charge on any atom is 0.238 e. The van der Waals surface area contributed by atoms with Gasteiger partial charge in [-0.1, -0.05) is 17.7 Å². The number of aliphatic hydroxyl groups excluding tert-OH is 3. The molecule has 20 heavy (non-hydrogen) atoms. The van der Waals surface area contributed by atoms with Gasteiger partial charge in [-0.15, -0.1) is 0 Å². The number of amides is 1. The van der Waals surface area contributed by atoms with E-state index in [1.54, 1.807) is 18.2 Å². The van der Waals surface area contributed by atoms with Crippen molar-refractivity contribution in [2.24, 2.45) is 0 Å². The number of aliphatic hydroxyl groups is 3. The summed E-state index contributed by atoms with van der Waals surface area (Å²) in [5.74, 6) is -0.366. The van der Waals surface area contributed by atoms with Crippen LogP contribution in [-0.4, -0.2) is 53.1 Å². The highest BCUT2D eigenvalue weighted by atomic mass is 35.5. The van der Waals surface area contributed by atoms with Crippen molar-refractivity contribution in [3.05, 3.63) is 28.8 Å². The van der Waals surface area contributed by atoms with Crippen LogP contribution in [0.15, 0.2) is 18.2 Å². The summed E-state index contributed by atoms with van der Waals surface area (Å²) in [7, 11) is 0. The predicted octanol–water partition coefficient (Wildman–Crippen LogP) is -0.108. The Bertz CT molecular complexity index is 455. The van der Waals surface area contributed by atoms with Gasteiger partial charge in [0.1, 0.15) is 0 Å². The number of benzene rings is 1. The molecular formula is C13H19ClN2O4. The molecule has 1 aromatic rings. The molecule has 5 N–H and O–H groups in total. The maximum atomic E-state index is 11.8. The molecule has 0 aliphatic rings. The lowest BCUT2D eigenvalue weighted by atomic mass is 10.0. The third-order valence-corrected chi connectivity index (χ3v) is 3.24. The van der Waals surface area contributed by atoms with Crippen LogP contribution in [0, 0.1) is 6.92 Å². The Morgan fingerprint density at radius 3 is 2.40 bits per heavy atom. The van der Waals surface area contributed by atoms with Gasteiger partial charge < -0.3 is 20.6 Å². The lowest BCUT2D eigenvalue weighted by molar-refractivity contribution is -0.116. The first-order chi connectivity index (χ1) is 9.46. The molecule has 112 valence electrons. The van der Waals surface area contributed by atoms with Crippen molar-refractivity contribution >= 4 is 23.2 Å². The summed E-state index contributed by atoms with van der Waals surface area (Å²) in [6.07, 6.45) is 0. The highest BCUT2D eigenvalue weighted by Gasteiger charge is 2.27. The lowest BCUT2D eigenvalue weighted by Crippen LogP contribution is -2.56. The number of hydrogen-bond acceptors (Lipinski definition) is 5. The number of halogens is 1. The minimum atomic E-state index is -1.28. The molecule has 0 unspecified atom stereocenters. The summed E-state index contributed by atoms with van der Waals surface area (Å²) in [6.45, 7) is 0.225. The Kier molecular flexibility index (Phi) is 6.38. The van der Waals surface area contributed by atoms with Gasteiger partial charge in [0.05, 0.1) is 31.9 Å². The number of anilines is 1. The second-order valence-corrected chi connectivity index (χ2v) is 5.05. The van der Waals surface area contributed by atoms with Crippen LogP contribution in [0.25, 0.3) is 0 Å². The van der Waals surface area contributed by atoms with Crippen LogP contribution in [0.1, 0.15) is 5.56 Å². The van der Waals surface area contributed by atoms with Crippen molar-refractivity contribution in [1.29, 1.82) is 0 Å². The molecule has 0 bridgehead atoms. The van der Waals surface area contributed by atoms with E-state index in [0.29, 0.717) is 10.7 Å². The van der Waals surface area contributed by atoms with Gasteiger partial charge in [0.25, 0.3) is 0 Å². The number of aryl methyl sites for hydroxylation is 1. The van der Waals surface area contributed by atoms with Crippen LogP contribution < -0.4 is 10.6 Å². The van der Waals surface area contributed by atoms with Crippen LogP contribution >= 0.6 is 11.6 Å². The fraction of sp³-hybridized carbons (Fsp3) is 0.462. The van der Waals surface area contributed by atoms with Gasteiger partial charge in [-0.3, -0.25) is 10.1 Å². The molecule has 1 aromatic carbocycles. The molecule has 0 aromatic heterocycles. The number of hydrogen-bond donors (Lipinski definition) is 5. The largest absolute Gasteiger partial charge is 0.394 e. The zero-order valence-corrected chi connectivity index (χ0v) is 11.9. The van der Waals surface area contributed by atoms with Crippen LogP contribution in [0.2, 0.25) is 5.02 Å². The molecule has 0 radical (unpaired) electrons. The molecule has 0 atom stereocenters. The average Bonchev–Trinajstić information content (AvgIpc) is 2.45. The molecule has 0 saturated carbocycles. The van der Waals surface area contributed by atoms with E-state index in [1.807, 2.05) is 6.92 Å². The molecule has 7 heteroatoms. The second kappa shape index (κ2) is 7.56. The minimum Gasteiger partial charge on any atom is -0.394 e. The number of rotatable bonds is 7. The van der Waals surface area contributed by atoms with E-state index in [2.05, 4.69) is 10.6 Å². The standard InChI is InChI=1S/C13H19ClN2O4/c1-9-2-3-10(14)4-11(9)16-12(20)5-15-13(6-17,7-18)8-19/h2-4,15,17-19H,5-8H2,1H3,(H,16,20). The molecule has 0 aliphatic heterocycles. The van der Waals surface area contributed by atoms with E-state index in [4.69, 9.17) is 26.9 Å². The van der Waals surface area contributed by atoms with Crippen molar-refractivity contribution in [3.8, 4) is 0 Å². The summed E-state index contributed by atoms with van der Waals surface area (Å²) in [6, 6.07) is 5.14.